The molecule has 5 heteroatoms. The largest absolute Gasteiger partial charge is 0.468 e. The van der Waals surface area contributed by atoms with Crippen molar-refractivity contribution < 1.29 is 13.2 Å². The van der Waals surface area contributed by atoms with Crippen LogP contribution in [0.5, 0.6) is 0 Å². The first-order valence-electron chi connectivity index (χ1n) is 5.47. The van der Waals surface area contributed by atoms with Gasteiger partial charge in [0.1, 0.15) is 5.76 Å². The van der Waals surface area contributed by atoms with Gasteiger partial charge in [0.25, 0.3) is 0 Å². The van der Waals surface area contributed by atoms with Crippen LogP contribution in [0.2, 0.25) is 0 Å². The number of nitrogens with two attached hydrogens (primary N) is 1. The van der Waals surface area contributed by atoms with E-state index < -0.39 is 11.6 Å². The molecular formula is C13H13F2NOS. The lowest BCUT2D eigenvalue weighted by molar-refractivity contribution is 0.506. The predicted octanol–water partition coefficient (Wildman–Crippen LogP) is 3.49. The number of hydrogen-bond acceptors (Lipinski definition) is 3. The molecule has 0 aliphatic rings. The SMILES string of the molecule is NC(CSCc1ccco1)c1ccc(F)c(F)c1. The van der Waals surface area contributed by atoms with Gasteiger partial charge in [0.05, 0.1) is 12.0 Å². The lowest BCUT2D eigenvalue weighted by atomic mass is 10.1. The molecule has 0 aliphatic heterocycles. The molecule has 0 aliphatic carbocycles. The summed E-state index contributed by atoms with van der Waals surface area (Å²) in [6, 6.07) is 7.15. The third kappa shape index (κ3) is 3.34. The summed E-state index contributed by atoms with van der Waals surface area (Å²) in [6.45, 7) is 0. The van der Waals surface area contributed by atoms with E-state index in [0.29, 0.717) is 17.1 Å². The van der Waals surface area contributed by atoms with Crippen molar-refractivity contribution in [1.29, 1.82) is 0 Å². The van der Waals surface area contributed by atoms with Crippen molar-refractivity contribution in [2.45, 2.75) is 11.8 Å². The molecule has 1 atom stereocenters. The van der Waals surface area contributed by atoms with E-state index in [0.717, 1.165) is 17.9 Å². The lowest BCUT2D eigenvalue weighted by Crippen LogP contribution is -2.13. The van der Waals surface area contributed by atoms with E-state index in [1.54, 1.807) is 18.0 Å². The van der Waals surface area contributed by atoms with E-state index in [4.69, 9.17) is 10.2 Å². The molecule has 0 amide bonds. The second-order valence-electron chi connectivity index (χ2n) is 3.87. The van der Waals surface area contributed by atoms with Crippen molar-refractivity contribution in [3.05, 3.63) is 59.6 Å². The summed E-state index contributed by atoms with van der Waals surface area (Å²) in [5.41, 5.74) is 6.51. The van der Waals surface area contributed by atoms with Gasteiger partial charge in [-0.25, -0.2) is 8.78 Å². The Kier molecular flexibility index (Phi) is 4.38. The predicted molar refractivity (Wildman–Crippen MR) is 68.2 cm³/mol. The van der Waals surface area contributed by atoms with E-state index >= 15 is 0 Å². The van der Waals surface area contributed by atoms with Crippen molar-refractivity contribution in [1.82, 2.24) is 0 Å². The van der Waals surface area contributed by atoms with Gasteiger partial charge >= 0.3 is 0 Å². The Hall–Kier alpha value is -1.33. The van der Waals surface area contributed by atoms with E-state index in [9.17, 15) is 8.78 Å². The lowest BCUT2D eigenvalue weighted by Gasteiger charge is -2.11. The van der Waals surface area contributed by atoms with E-state index in [1.807, 2.05) is 12.1 Å². The van der Waals surface area contributed by atoms with Gasteiger partial charge < -0.3 is 10.2 Å². The Morgan fingerprint density at radius 3 is 2.72 bits per heavy atom. The highest BCUT2D eigenvalue weighted by molar-refractivity contribution is 7.98. The average Bonchev–Trinajstić information content (AvgIpc) is 2.85. The molecular weight excluding hydrogens is 256 g/mol. The molecule has 1 aromatic heterocycles. The summed E-state index contributed by atoms with van der Waals surface area (Å²) in [5, 5.41) is 0. The summed E-state index contributed by atoms with van der Waals surface area (Å²) >= 11 is 1.59. The van der Waals surface area contributed by atoms with Gasteiger partial charge in [0.15, 0.2) is 11.6 Å². The molecule has 96 valence electrons. The molecule has 0 radical (unpaired) electrons. The highest BCUT2D eigenvalue weighted by atomic mass is 32.2. The Bertz CT molecular complexity index is 502. The Morgan fingerprint density at radius 1 is 1.22 bits per heavy atom. The quantitative estimate of drug-likeness (QED) is 0.903. The van der Waals surface area contributed by atoms with Gasteiger partial charge in [-0.15, -0.1) is 0 Å². The van der Waals surface area contributed by atoms with E-state index in [2.05, 4.69) is 0 Å². The highest BCUT2D eigenvalue weighted by Gasteiger charge is 2.10. The van der Waals surface area contributed by atoms with E-state index in [-0.39, 0.29) is 6.04 Å². The topological polar surface area (TPSA) is 39.2 Å². The zero-order valence-electron chi connectivity index (χ0n) is 9.61. The zero-order chi connectivity index (χ0) is 13.0. The molecule has 0 bridgehead atoms. The summed E-state index contributed by atoms with van der Waals surface area (Å²) in [7, 11) is 0. The van der Waals surface area contributed by atoms with Crippen LogP contribution in [0.25, 0.3) is 0 Å². The maximum absolute atomic E-state index is 13.0. The second-order valence-corrected chi connectivity index (χ2v) is 4.90. The smallest absolute Gasteiger partial charge is 0.159 e. The second kappa shape index (κ2) is 6.02. The zero-order valence-corrected chi connectivity index (χ0v) is 10.4. The number of hydrogen-bond donors (Lipinski definition) is 1. The van der Waals surface area contributed by atoms with Crippen molar-refractivity contribution in [2.24, 2.45) is 5.73 Å². The fourth-order valence-corrected chi connectivity index (χ4v) is 2.45. The number of furan rings is 1. The molecule has 1 heterocycles. The van der Waals surface area contributed by atoms with Crippen LogP contribution >= 0.6 is 11.8 Å². The van der Waals surface area contributed by atoms with Crippen LogP contribution in [-0.2, 0) is 5.75 Å². The molecule has 1 unspecified atom stereocenters. The van der Waals surface area contributed by atoms with Crippen LogP contribution in [0, 0.1) is 11.6 Å². The number of benzene rings is 1. The van der Waals surface area contributed by atoms with Gasteiger partial charge in [0.2, 0.25) is 0 Å². The molecule has 0 saturated heterocycles. The Balaban J connectivity index is 1.87. The summed E-state index contributed by atoms with van der Waals surface area (Å²) < 4.78 is 31.0. The summed E-state index contributed by atoms with van der Waals surface area (Å²) in [6.07, 6.45) is 1.62. The number of rotatable bonds is 5. The van der Waals surface area contributed by atoms with Crippen LogP contribution in [0.4, 0.5) is 8.78 Å². The number of thioether (sulfide) groups is 1. The van der Waals surface area contributed by atoms with Gasteiger partial charge in [0, 0.05) is 11.8 Å². The Labute approximate surface area is 108 Å². The maximum atomic E-state index is 13.0. The van der Waals surface area contributed by atoms with Crippen molar-refractivity contribution in [3.63, 3.8) is 0 Å². The monoisotopic (exact) mass is 269 g/mol. The molecule has 18 heavy (non-hydrogen) atoms. The van der Waals surface area contributed by atoms with Crippen LogP contribution in [0.3, 0.4) is 0 Å². The standard InChI is InChI=1S/C13H13F2NOS/c14-11-4-3-9(6-12(11)15)13(16)8-18-7-10-2-1-5-17-10/h1-6,13H,7-8,16H2. The fraction of sp³-hybridized carbons (Fsp3) is 0.231. The Morgan fingerprint density at radius 2 is 2.06 bits per heavy atom. The summed E-state index contributed by atoms with van der Waals surface area (Å²) in [4.78, 5) is 0. The van der Waals surface area contributed by atoms with Crippen molar-refractivity contribution >= 4 is 11.8 Å². The van der Waals surface area contributed by atoms with Gasteiger partial charge in [-0.3, -0.25) is 0 Å². The van der Waals surface area contributed by atoms with Crippen LogP contribution < -0.4 is 5.73 Å². The molecule has 0 fully saturated rings. The van der Waals surface area contributed by atoms with Crippen LogP contribution in [0.15, 0.2) is 41.0 Å². The van der Waals surface area contributed by atoms with Gasteiger partial charge in [-0.05, 0) is 29.8 Å². The molecule has 0 saturated carbocycles. The third-order valence-corrected chi connectivity index (χ3v) is 3.58. The van der Waals surface area contributed by atoms with Crippen LogP contribution in [0.1, 0.15) is 17.4 Å². The fourth-order valence-electron chi connectivity index (χ4n) is 1.52. The minimum absolute atomic E-state index is 0.319. The molecule has 2 nitrogen and oxygen atoms in total. The van der Waals surface area contributed by atoms with Crippen molar-refractivity contribution in [2.75, 3.05) is 5.75 Å². The van der Waals surface area contributed by atoms with Gasteiger partial charge in [-0.2, -0.15) is 11.8 Å². The first kappa shape index (κ1) is 13.1. The minimum Gasteiger partial charge on any atom is -0.468 e. The normalized spacial score (nSPS) is 12.6. The molecule has 0 spiro atoms. The summed E-state index contributed by atoms with van der Waals surface area (Å²) in [5.74, 6) is 0.488. The number of halogens is 2. The molecule has 2 aromatic rings. The minimum atomic E-state index is -0.862. The molecule has 2 rings (SSSR count). The maximum Gasteiger partial charge on any atom is 0.159 e. The van der Waals surface area contributed by atoms with Gasteiger partial charge in [-0.1, -0.05) is 6.07 Å². The highest BCUT2D eigenvalue weighted by Crippen LogP contribution is 2.21. The molecule has 2 N–H and O–H groups in total. The van der Waals surface area contributed by atoms with Crippen molar-refractivity contribution in [3.8, 4) is 0 Å². The third-order valence-electron chi connectivity index (χ3n) is 2.49. The average molecular weight is 269 g/mol. The first-order valence-corrected chi connectivity index (χ1v) is 6.63. The molecule has 1 aromatic carbocycles. The van der Waals surface area contributed by atoms with Crippen LogP contribution in [-0.4, -0.2) is 5.75 Å². The van der Waals surface area contributed by atoms with E-state index in [1.165, 1.54) is 6.07 Å². The first-order chi connectivity index (χ1) is 8.66.